The number of non-ortho nitro benzene ring substituents is 1. The van der Waals surface area contributed by atoms with E-state index in [1.54, 1.807) is 0 Å². The highest BCUT2D eigenvalue weighted by Crippen LogP contribution is 2.30. The lowest BCUT2D eigenvalue weighted by atomic mass is 10.0. The summed E-state index contributed by atoms with van der Waals surface area (Å²) in [4.78, 5) is 30.5. The van der Waals surface area contributed by atoms with Crippen molar-refractivity contribution in [3.63, 3.8) is 0 Å². The molecular weight excluding hydrogens is 244 g/mol. The Morgan fingerprint density at radius 1 is 1.33 bits per heavy atom. The number of carbonyl (C=O) groups excluding carboxylic acids is 1. The van der Waals surface area contributed by atoms with Gasteiger partial charge in [-0.2, -0.15) is 0 Å². The molecular formula is C10H10N2O6. The highest BCUT2D eigenvalue weighted by Gasteiger charge is 2.24. The van der Waals surface area contributed by atoms with Crippen molar-refractivity contribution < 1.29 is 19.7 Å². The van der Waals surface area contributed by atoms with Gasteiger partial charge in [0, 0.05) is 12.5 Å². The normalized spacial score (nSPS) is 11.9. The van der Waals surface area contributed by atoms with Crippen LogP contribution in [0.5, 0.6) is 0 Å². The van der Waals surface area contributed by atoms with E-state index in [0.717, 1.165) is 18.2 Å². The van der Waals surface area contributed by atoms with E-state index < -0.39 is 27.3 Å². The Balaban J connectivity index is 3.23. The van der Waals surface area contributed by atoms with Crippen LogP contribution in [0.3, 0.4) is 0 Å². The maximum atomic E-state index is 10.8. The fraction of sp³-hybridized carbons (Fsp3) is 0.300. The fourth-order valence-corrected chi connectivity index (χ4v) is 1.47. The van der Waals surface area contributed by atoms with E-state index in [1.165, 1.54) is 6.92 Å². The Kier molecular flexibility index (Phi) is 4.05. The quantitative estimate of drug-likeness (QED) is 0.627. The summed E-state index contributed by atoms with van der Waals surface area (Å²) in [5.41, 5.74) is -1.13. The van der Waals surface area contributed by atoms with Gasteiger partial charge in [0.25, 0.3) is 11.4 Å². The monoisotopic (exact) mass is 254 g/mol. The number of benzene rings is 1. The van der Waals surface area contributed by atoms with E-state index in [2.05, 4.69) is 0 Å². The van der Waals surface area contributed by atoms with Crippen LogP contribution in [-0.4, -0.2) is 20.7 Å². The smallest absolute Gasteiger partial charge is 0.282 e. The van der Waals surface area contributed by atoms with Gasteiger partial charge < -0.3 is 5.11 Å². The number of nitrogens with zero attached hydrogens (tertiary/aromatic N) is 2. The molecule has 0 saturated heterocycles. The Morgan fingerprint density at radius 2 is 1.94 bits per heavy atom. The van der Waals surface area contributed by atoms with E-state index in [9.17, 15) is 30.1 Å². The molecule has 8 nitrogen and oxygen atoms in total. The zero-order chi connectivity index (χ0) is 13.9. The first-order valence-electron chi connectivity index (χ1n) is 4.93. The van der Waals surface area contributed by atoms with Gasteiger partial charge in [0.2, 0.25) is 0 Å². The molecule has 0 amide bonds. The van der Waals surface area contributed by atoms with Gasteiger partial charge >= 0.3 is 0 Å². The zero-order valence-electron chi connectivity index (χ0n) is 9.40. The van der Waals surface area contributed by atoms with Gasteiger partial charge in [0.1, 0.15) is 5.78 Å². The minimum Gasteiger partial charge on any atom is -0.388 e. The van der Waals surface area contributed by atoms with Crippen LogP contribution in [0.4, 0.5) is 11.4 Å². The fourth-order valence-electron chi connectivity index (χ4n) is 1.47. The molecule has 1 rings (SSSR count). The average molecular weight is 254 g/mol. The molecule has 0 aliphatic rings. The van der Waals surface area contributed by atoms with Crippen molar-refractivity contribution in [1.29, 1.82) is 0 Å². The summed E-state index contributed by atoms with van der Waals surface area (Å²) in [5.74, 6) is -0.338. The van der Waals surface area contributed by atoms with Crippen LogP contribution in [0.1, 0.15) is 25.0 Å². The van der Waals surface area contributed by atoms with E-state index in [4.69, 9.17) is 0 Å². The van der Waals surface area contributed by atoms with Crippen LogP contribution >= 0.6 is 0 Å². The third-order valence-corrected chi connectivity index (χ3v) is 2.26. The van der Waals surface area contributed by atoms with Gasteiger partial charge in [-0.15, -0.1) is 0 Å². The molecule has 1 aromatic rings. The largest absolute Gasteiger partial charge is 0.388 e. The number of carbonyl (C=O) groups is 1. The Morgan fingerprint density at radius 3 is 2.39 bits per heavy atom. The van der Waals surface area contributed by atoms with Crippen LogP contribution in [0, 0.1) is 20.2 Å². The molecule has 0 unspecified atom stereocenters. The van der Waals surface area contributed by atoms with Gasteiger partial charge in [-0.1, -0.05) is 0 Å². The summed E-state index contributed by atoms with van der Waals surface area (Å²) in [5, 5.41) is 30.9. The summed E-state index contributed by atoms with van der Waals surface area (Å²) < 4.78 is 0. The number of hydrogen-bond donors (Lipinski definition) is 1. The predicted molar refractivity (Wildman–Crippen MR) is 60.0 cm³/mol. The average Bonchev–Trinajstić information content (AvgIpc) is 2.26. The van der Waals surface area contributed by atoms with Crippen molar-refractivity contribution in [2.45, 2.75) is 19.4 Å². The first-order chi connectivity index (χ1) is 8.32. The van der Waals surface area contributed by atoms with E-state index in [-0.39, 0.29) is 17.8 Å². The lowest BCUT2D eigenvalue weighted by molar-refractivity contribution is -0.394. The molecule has 0 aliphatic carbocycles. The Hall–Kier alpha value is -2.35. The number of nitro groups is 2. The molecule has 1 atom stereocenters. The van der Waals surface area contributed by atoms with Crippen LogP contribution in [0.2, 0.25) is 0 Å². The second kappa shape index (κ2) is 5.32. The number of hydrogen-bond acceptors (Lipinski definition) is 6. The number of ketones is 1. The van der Waals surface area contributed by atoms with Crippen LogP contribution < -0.4 is 0 Å². The molecule has 0 fully saturated rings. The zero-order valence-corrected chi connectivity index (χ0v) is 9.40. The number of aliphatic hydroxyl groups is 1. The maximum Gasteiger partial charge on any atom is 0.282 e. The van der Waals surface area contributed by atoms with Gasteiger partial charge in [0.15, 0.2) is 0 Å². The standard InChI is InChI=1S/C10H10N2O6/c1-6(13)4-10(14)8-3-2-7(11(15)16)5-9(8)12(17)18/h2-3,5,10,14H,4H2,1H3/t10-/m0/s1. The van der Waals surface area contributed by atoms with Crippen molar-refractivity contribution in [1.82, 2.24) is 0 Å². The molecule has 18 heavy (non-hydrogen) atoms. The minimum absolute atomic E-state index is 0.110. The molecule has 0 radical (unpaired) electrons. The highest BCUT2D eigenvalue weighted by atomic mass is 16.6. The molecule has 8 heteroatoms. The van der Waals surface area contributed by atoms with Gasteiger partial charge in [-0.05, 0) is 13.0 Å². The summed E-state index contributed by atoms with van der Waals surface area (Å²) in [6.45, 7) is 1.24. The van der Waals surface area contributed by atoms with Gasteiger partial charge in [-0.25, -0.2) is 0 Å². The minimum atomic E-state index is -1.34. The molecule has 0 aliphatic heterocycles. The van der Waals surface area contributed by atoms with Crippen LogP contribution in [0.15, 0.2) is 18.2 Å². The molecule has 96 valence electrons. The molecule has 0 saturated carbocycles. The molecule has 1 aromatic carbocycles. The predicted octanol–water partition coefficient (Wildman–Crippen LogP) is 1.52. The first-order valence-corrected chi connectivity index (χ1v) is 4.93. The van der Waals surface area contributed by atoms with Gasteiger partial charge in [0.05, 0.1) is 27.6 Å². The van der Waals surface area contributed by atoms with Crippen molar-refractivity contribution >= 4 is 17.2 Å². The number of aliphatic hydroxyl groups excluding tert-OH is 1. The lowest BCUT2D eigenvalue weighted by Crippen LogP contribution is -2.06. The summed E-state index contributed by atoms with van der Waals surface area (Å²) in [6.07, 6.45) is -1.62. The van der Waals surface area contributed by atoms with Crippen molar-refractivity contribution in [3.8, 4) is 0 Å². The van der Waals surface area contributed by atoms with Crippen molar-refractivity contribution in [2.24, 2.45) is 0 Å². The molecule has 0 aromatic heterocycles. The SMILES string of the molecule is CC(=O)C[C@H](O)c1ccc([N+](=O)[O-])cc1[N+](=O)[O-]. The maximum absolute atomic E-state index is 10.8. The molecule has 0 bridgehead atoms. The first kappa shape index (κ1) is 13.7. The second-order valence-corrected chi connectivity index (χ2v) is 3.68. The van der Waals surface area contributed by atoms with Crippen molar-refractivity contribution in [3.05, 3.63) is 44.0 Å². The van der Waals surface area contributed by atoms with E-state index in [1.807, 2.05) is 0 Å². The third kappa shape index (κ3) is 3.08. The highest BCUT2D eigenvalue weighted by molar-refractivity contribution is 5.76. The van der Waals surface area contributed by atoms with Gasteiger partial charge in [-0.3, -0.25) is 25.0 Å². The number of rotatable bonds is 5. The number of Topliss-reactive ketones (excluding diaryl/α,β-unsaturated/α-hetero) is 1. The van der Waals surface area contributed by atoms with Crippen molar-refractivity contribution in [2.75, 3.05) is 0 Å². The Bertz CT molecular complexity index is 513. The Labute approximate surface area is 101 Å². The lowest BCUT2D eigenvalue weighted by Gasteiger charge is -2.09. The topological polar surface area (TPSA) is 124 Å². The summed E-state index contributed by atoms with van der Waals surface area (Å²) in [7, 11) is 0. The third-order valence-electron chi connectivity index (χ3n) is 2.26. The van der Waals surface area contributed by atoms with E-state index in [0.29, 0.717) is 0 Å². The summed E-state index contributed by atoms with van der Waals surface area (Å²) >= 11 is 0. The van der Waals surface area contributed by atoms with E-state index >= 15 is 0 Å². The molecule has 0 heterocycles. The summed E-state index contributed by atoms with van der Waals surface area (Å²) in [6, 6.07) is 2.90. The van der Waals surface area contributed by atoms with Crippen LogP contribution in [-0.2, 0) is 4.79 Å². The number of nitro benzene ring substituents is 2. The molecule has 0 spiro atoms. The second-order valence-electron chi connectivity index (χ2n) is 3.68. The van der Waals surface area contributed by atoms with Crippen LogP contribution in [0.25, 0.3) is 0 Å². The molecule has 1 N–H and O–H groups in total.